The average Bonchev–Trinajstić information content (AvgIpc) is 2.62. The van der Waals surface area contributed by atoms with Crippen LogP contribution < -0.4 is 0 Å². The Hall–Kier alpha value is 0.0200. The number of Topliss-reactive ketones (excluding diaryl/α,β-unsaturated/α-hetero) is 1. The first-order valence-electron chi connectivity index (χ1n) is 11.8. The molecule has 156 valence electrons. The minimum absolute atomic E-state index is 0.341. The van der Waals surface area contributed by atoms with Gasteiger partial charge in [0.15, 0.2) is 0 Å². The van der Waals surface area contributed by atoms with Gasteiger partial charge in [-0.3, -0.25) is 4.79 Å². The monoisotopic (exact) mass is 384 g/mol. The van der Waals surface area contributed by atoms with Gasteiger partial charge in [-0.25, -0.2) is 0 Å². The molecule has 0 saturated carbocycles. The van der Waals surface area contributed by atoms with Gasteiger partial charge in [0.25, 0.3) is 0 Å². The Labute approximate surface area is 169 Å². The highest BCUT2D eigenvalue weighted by molar-refractivity contribution is 7.99. The molecule has 0 aliphatic rings. The van der Waals surface area contributed by atoms with Gasteiger partial charge >= 0.3 is 0 Å². The number of rotatable bonds is 21. The maximum Gasteiger partial charge on any atom is 0.130 e. The summed E-state index contributed by atoms with van der Waals surface area (Å²) in [6.07, 6.45) is 23.4. The van der Waals surface area contributed by atoms with Crippen LogP contribution >= 0.6 is 11.8 Å². The normalized spacial score (nSPS) is 12.4. The molecule has 0 bridgehead atoms. The molecule has 0 saturated heterocycles. The smallest absolute Gasteiger partial charge is 0.130 e. The number of hydrogen-bond acceptors (Lipinski definition) is 2. The SMILES string of the molecule is CCCCCCCCCCC(CCCCCCCC)CSCCC(C)=O. The zero-order valence-corrected chi connectivity index (χ0v) is 19.1. The fraction of sp³-hybridized carbons (Fsp3) is 0.958. The van der Waals surface area contributed by atoms with Crippen LogP contribution in [-0.4, -0.2) is 17.3 Å². The maximum atomic E-state index is 11.1. The third-order valence-corrected chi connectivity index (χ3v) is 6.58. The summed E-state index contributed by atoms with van der Waals surface area (Å²) in [5.74, 6) is 3.53. The number of thioether (sulfide) groups is 1. The molecule has 26 heavy (non-hydrogen) atoms. The lowest BCUT2D eigenvalue weighted by atomic mass is 9.95. The third kappa shape index (κ3) is 20.3. The van der Waals surface area contributed by atoms with Gasteiger partial charge in [-0.1, -0.05) is 104 Å². The molecular weight excluding hydrogens is 336 g/mol. The van der Waals surface area contributed by atoms with Crippen molar-refractivity contribution in [3.05, 3.63) is 0 Å². The van der Waals surface area contributed by atoms with Gasteiger partial charge in [-0.2, -0.15) is 11.8 Å². The lowest BCUT2D eigenvalue weighted by molar-refractivity contribution is -0.116. The van der Waals surface area contributed by atoms with Crippen molar-refractivity contribution >= 4 is 17.5 Å². The summed E-state index contributed by atoms with van der Waals surface area (Å²) in [5.41, 5.74) is 0. The summed E-state index contributed by atoms with van der Waals surface area (Å²) in [5, 5.41) is 0. The highest BCUT2D eigenvalue weighted by Gasteiger charge is 2.09. The van der Waals surface area contributed by atoms with E-state index >= 15 is 0 Å². The fourth-order valence-corrected chi connectivity index (χ4v) is 4.82. The van der Waals surface area contributed by atoms with Crippen LogP contribution in [0.5, 0.6) is 0 Å². The third-order valence-electron chi connectivity index (χ3n) is 5.38. The Morgan fingerprint density at radius 3 is 1.54 bits per heavy atom. The molecule has 0 spiro atoms. The van der Waals surface area contributed by atoms with Crippen LogP contribution in [0.4, 0.5) is 0 Å². The molecule has 1 unspecified atom stereocenters. The van der Waals surface area contributed by atoms with E-state index in [0.29, 0.717) is 5.78 Å². The van der Waals surface area contributed by atoms with Gasteiger partial charge < -0.3 is 0 Å². The van der Waals surface area contributed by atoms with Gasteiger partial charge in [0.05, 0.1) is 0 Å². The van der Waals surface area contributed by atoms with Crippen LogP contribution in [0.2, 0.25) is 0 Å². The van der Waals surface area contributed by atoms with E-state index in [1.54, 1.807) is 6.92 Å². The van der Waals surface area contributed by atoms with Gasteiger partial charge in [0.1, 0.15) is 5.78 Å². The van der Waals surface area contributed by atoms with Crippen molar-refractivity contribution in [2.45, 2.75) is 130 Å². The molecule has 0 fully saturated rings. The van der Waals surface area contributed by atoms with Crippen LogP contribution in [0, 0.1) is 5.92 Å². The van der Waals surface area contributed by atoms with E-state index in [1.165, 1.54) is 108 Å². The predicted octanol–water partition coefficient (Wildman–Crippen LogP) is 8.60. The molecule has 0 aromatic carbocycles. The molecule has 0 rings (SSSR count). The first kappa shape index (κ1) is 26.0. The standard InChI is InChI=1S/C24H48OS/c1-4-6-8-10-12-13-15-17-19-24(22-26-21-20-23(3)25)18-16-14-11-9-7-5-2/h24H,4-22H2,1-3H3. The van der Waals surface area contributed by atoms with Crippen LogP contribution in [0.15, 0.2) is 0 Å². The van der Waals surface area contributed by atoms with Crippen LogP contribution in [0.1, 0.15) is 130 Å². The summed E-state index contributed by atoms with van der Waals surface area (Å²) >= 11 is 2.02. The van der Waals surface area contributed by atoms with Crippen molar-refractivity contribution in [1.29, 1.82) is 0 Å². The molecule has 1 nitrogen and oxygen atoms in total. The number of unbranched alkanes of at least 4 members (excludes halogenated alkanes) is 12. The molecule has 0 amide bonds. The van der Waals surface area contributed by atoms with Crippen molar-refractivity contribution < 1.29 is 4.79 Å². The largest absolute Gasteiger partial charge is 0.300 e. The molecule has 0 heterocycles. The molecule has 0 aliphatic carbocycles. The topological polar surface area (TPSA) is 17.1 Å². The fourth-order valence-electron chi connectivity index (χ4n) is 3.56. The Balaban J connectivity index is 3.79. The second kappa shape index (κ2) is 21.3. The van der Waals surface area contributed by atoms with E-state index in [2.05, 4.69) is 13.8 Å². The number of hydrogen-bond donors (Lipinski definition) is 0. The van der Waals surface area contributed by atoms with Gasteiger partial charge in [-0.15, -0.1) is 0 Å². The zero-order chi connectivity index (χ0) is 19.3. The Bertz CT molecular complexity index is 290. The number of ketones is 1. The van der Waals surface area contributed by atoms with Gasteiger partial charge in [-0.05, 0) is 31.4 Å². The van der Waals surface area contributed by atoms with E-state index in [4.69, 9.17) is 0 Å². The lowest BCUT2D eigenvalue weighted by Crippen LogP contribution is -2.06. The highest BCUT2D eigenvalue weighted by atomic mass is 32.2. The van der Waals surface area contributed by atoms with E-state index in [1.807, 2.05) is 11.8 Å². The van der Waals surface area contributed by atoms with Gasteiger partial charge in [0, 0.05) is 12.2 Å². The first-order chi connectivity index (χ1) is 12.7. The zero-order valence-electron chi connectivity index (χ0n) is 18.3. The minimum atomic E-state index is 0.341. The molecule has 0 radical (unpaired) electrons. The number of carbonyl (C=O) groups is 1. The summed E-state index contributed by atoms with van der Waals surface area (Å²) < 4.78 is 0. The average molecular weight is 385 g/mol. The van der Waals surface area contributed by atoms with Crippen LogP contribution in [0.25, 0.3) is 0 Å². The molecule has 1 atom stereocenters. The first-order valence-corrected chi connectivity index (χ1v) is 12.9. The number of carbonyl (C=O) groups excluding carboxylic acids is 1. The second-order valence-electron chi connectivity index (χ2n) is 8.21. The second-order valence-corrected chi connectivity index (χ2v) is 9.36. The van der Waals surface area contributed by atoms with Crippen molar-refractivity contribution in [2.75, 3.05) is 11.5 Å². The van der Waals surface area contributed by atoms with E-state index in [9.17, 15) is 4.79 Å². The highest BCUT2D eigenvalue weighted by Crippen LogP contribution is 2.23. The van der Waals surface area contributed by atoms with E-state index in [-0.39, 0.29) is 0 Å². The Kier molecular flexibility index (Phi) is 21.3. The summed E-state index contributed by atoms with van der Waals surface area (Å²) in [6.45, 7) is 6.30. The molecule has 0 aromatic heterocycles. The van der Waals surface area contributed by atoms with Crippen molar-refractivity contribution in [1.82, 2.24) is 0 Å². The maximum absolute atomic E-state index is 11.1. The van der Waals surface area contributed by atoms with Gasteiger partial charge in [0.2, 0.25) is 0 Å². The summed E-state index contributed by atoms with van der Waals surface area (Å²) in [6, 6.07) is 0. The van der Waals surface area contributed by atoms with E-state index < -0.39 is 0 Å². The minimum Gasteiger partial charge on any atom is -0.300 e. The quantitative estimate of drug-likeness (QED) is 0.184. The summed E-state index contributed by atoms with van der Waals surface area (Å²) in [4.78, 5) is 11.1. The predicted molar refractivity (Wildman–Crippen MR) is 121 cm³/mol. The van der Waals surface area contributed by atoms with Crippen molar-refractivity contribution in [2.24, 2.45) is 5.92 Å². The Morgan fingerprint density at radius 2 is 1.12 bits per heavy atom. The lowest BCUT2D eigenvalue weighted by Gasteiger charge is -2.16. The molecule has 0 aliphatic heterocycles. The van der Waals surface area contributed by atoms with Crippen LogP contribution in [-0.2, 0) is 4.79 Å². The molecule has 0 N–H and O–H groups in total. The van der Waals surface area contributed by atoms with Crippen molar-refractivity contribution in [3.63, 3.8) is 0 Å². The Morgan fingerprint density at radius 1 is 0.692 bits per heavy atom. The molecular formula is C24H48OS. The van der Waals surface area contributed by atoms with E-state index in [0.717, 1.165) is 18.1 Å². The van der Waals surface area contributed by atoms with Crippen LogP contribution in [0.3, 0.4) is 0 Å². The molecule has 0 aromatic rings. The molecule has 2 heteroatoms. The summed E-state index contributed by atoms with van der Waals surface area (Å²) in [7, 11) is 0. The van der Waals surface area contributed by atoms with Crippen molar-refractivity contribution in [3.8, 4) is 0 Å².